The molecule has 2 heterocycles. The molecule has 2 aromatic heterocycles. The molecule has 0 aliphatic heterocycles. The molecule has 34 heavy (non-hydrogen) atoms. The summed E-state index contributed by atoms with van der Waals surface area (Å²) in [7, 11) is -2.21. The van der Waals surface area contributed by atoms with Crippen molar-refractivity contribution in [2.24, 2.45) is 0 Å². The van der Waals surface area contributed by atoms with Crippen LogP contribution in [0.5, 0.6) is 5.75 Å². The number of sulfonamides is 1. The van der Waals surface area contributed by atoms with Crippen LogP contribution in [0.1, 0.15) is 42.0 Å². The minimum atomic E-state index is -3.94. The van der Waals surface area contributed by atoms with Crippen LogP contribution in [0.15, 0.2) is 47.5 Å². The summed E-state index contributed by atoms with van der Waals surface area (Å²) in [4.78, 5) is 18.0. The van der Waals surface area contributed by atoms with E-state index < -0.39 is 16.0 Å². The first-order valence-electron chi connectivity index (χ1n) is 10.9. The Morgan fingerprint density at radius 1 is 1.21 bits per heavy atom. The highest BCUT2D eigenvalue weighted by Gasteiger charge is 2.21. The number of aromatic carboxylic acids is 1. The predicted octanol–water partition coefficient (Wildman–Crippen LogP) is 3.53. The number of aryl methyl sites for hydroxylation is 2. The van der Waals surface area contributed by atoms with Gasteiger partial charge in [0.25, 0.3) is 10.0 Å². The van der Waals surface area contributed by atoms with E-state index in [1.807, 2.05) is 24.6 Å². The molecule has 0 spiro atoms. The average molecular weight is 488 g/mol. The van der Waals surface area contributed by atoms with Crippen molar-refractivity contribution < 1.29 is 23.1 Å². The third-order valence-corrected chi connectivity index (χ3v) is 6.37. The van der Waals surface area contributed by atoms with E-state index >= 15 is 0 Å². The first-order valence-corrected chi connectivity index (χ1v) is 12.4. The molecule has 0 unspecified atom stereocenters. The Morgan fingerprint density at radius 3 is 2.53 bits per heavy atom. The second kappa shape index (κ2) is 10.6. The zero-order valence-electron chi connectivity index (χ0n) is 19.6. The lowest BCUT2D eigenvalue weighted by Crippen LogP contribution is -2.23. The van der Waals surface area contributed by atoms with Gasteiger partial charge in [-0.15, -0.1) is 0 Å². The minimum Gasteiger partial charge on any atom is -0.494 e. The Kier molecular flexibility index (Phi) is 7.77. The molecule has 0 radical (unpaired) electrons. The molecule has 3 aromatic rings. The summed E-state index contributed by atoms with van der Waals surface area (Å²) in [5.41, 5.74) is 1.74. The first kappa shape index (κ1) is 25.0. The summed E-state index contributed by atoms with van der Waals surface area (Å²) >= 11 is 0. The normalized spacial score (nSPS) is 11.3. The number of pyridine rings is 1. The first-order chi connectivity index (χ1) is 16.1. The van der Waals surface area contributed by atoms with Crippen LogP contribution >= 0.6 is 0 Å². The molecule has 182 valence electrons. The number of hydrogen-bond acceptors (Lipinski definition) is 7. The van der Waals surface area contributed by atoms with E-state index in [2.05, 4.69) is 21.7 Å². The van der Waals surface area contributed by atoms with E-state index in [0.29, 0.717) is 18.9 Å². The predicted molar refractivity (Wildman–Crippen MR) is 129 cm³/mol. The highest BCUT2D eigenvalue weighted by atomic mass is 32.2. The molecule has 0 fully saturated rings. The second-order valence-corrected chi connectivity index (χ2v) is 9.45. The number of aromatic nitrogens is 3. The molecule has 0 atom stereocenters. The standard InChI is InChI=1S/C23H29N5O5S/c1-5-11-28-18(12-16(3)25-28)15-27(4)22-21(23(29)30)13-17(14-24-22)26-34(31,32)20-9-7-19(8-10-20)33-6-2/h7-10,12-14,26H,5-6,11,15H2,1-4H3,(H,29,30). The third-order valence-electron chi connectivity index (χ3n) is 4.98. The van der Waals surface area contributed by atoms with Crippen LogP contribution in [-0.2, 0) is 23.1 Å². The van der Waals surface area contributed by atoms with Crippen LogP contribution in [0.4, 0.5) is 11.5 Å². The monoisotopic (exact) mass is 487 g/mol. The summed E-state index contributed by atoms with van der Waals surface area (Å²) < 4.78 is 35.2. The SMILES string of the molecule is CCCn1nc(C)cc1CN(C)c1ncc(NS(=O)(=O)c2ccc(OCC)cc2)cc1C(=O)O. The molecule has 3 rings (SSSR count). The molecule has 0 amide bonds. The Morgan fingerprint density at radius 2 is 1.91 bits per heavy atom. The van der Waals surface area contributed by atoms with Gasteiger partial charge in [0.2, 0.25) is 0 Å². The van der Waals surface area contributed by atoms with E-state index in [4.69, 9.17) is 4.74 Å². The van der Waals surface area contributed by atoms with Crippen molar-refractivity contribution in [3.05, 3.63) is 59.5 Å². The van der Waals surface area contributed by atoms with Gasteiger partial charge in [-0.3, -0.25) is 9.40 Å². The minimum absolute atomic E-state index is 0.0218. The van der Waals surface area contributed by atoms with Crippen molar-refractivity contribution in [2.45, 2.75) is 45.2 Å². The van der Waals surface area contributed by atoms with E-state index in [9.17, 15) is 18.3 Å². The number of benzene rings is 1. The van der Waals surface area contributed by atoms with Crippen molar-refractivity contribution in [1.82, 2.24) is 14.8 Å². The van der Waals surface area contributed by atoms with E-state index in [-0.39, 0.29) is 22.0 Å². The molecule has 0 bridgehead atoms. The van der Waals surface area contributed by atoms with Crippen LogP contribution in [0.25, 0.3) is 0 Å². The number of carboxylic acids is 1. The maximum atomic E-state index is 12.8. The summed E-state index contributed by atoms with van der Waals surface area (Å²) in [6.45, 7) is 7.41. The second-order valence-electron chi connectivity index (χ2n) is 7.77. The summed E-state index contributed by atoms with van der Waals surface area (Å²) in [6.07, 6.45) is 2.22. The highest BCUT2D eigenvalue weighted by molar-refractivity contribution is 7.92. The molecule has 0 saturated heterocycles. The number of nitrogens with zero attached hydrogens (tertiary/aromatic N) is 4. The van der Waals surface area contributed by atoms with Crippen molar-refractivity contribution in [3.63, 3.8) is 0 Å². The highest BCUT2D eigenvalue weighted by Crippen LogP contribution is 2.25. The lowest BCUT2D eigenvalue weighted by atomic mass is 10.2. The van der Waals surface area contributed by atoms with Crippen molar-refractivity contribution >= 4 is 27.5 Å². The Hall–Kier alpha value is -3.60. The lowest BCUT2D eigenvalue weighted by molar-refractivity contribution is 0.0697. The Labute approximate surface area is 199 Å². The fraction of sp³-hybridized carbons (Fsp3) is 0.348. The van der Waals surface area contributed by atoms with E-state index in [0.717, 1.165) is 24.4 Å². The van der Waals surface area contributed by atoms with Crippen molar-refractivity contribution in [1.29, 1.82) is 0 Å². The maximum absolute atomic E-state index is 12.8. The van der Waals surface area contributed by atoms with E-state index in [1.165, 1.54) is 24.4 Å². The number of carboxylic acid groups (broad SMARTS) is 1. The molecule has 0 saturated carbocycles. The topological polar surface area (TPSA) is 127 Å². The third kappa shape index (κ3) is 5.84. The molecule has 10 nitrogen and oxygen atoms in total. The molecule has 2 N–H and O–H groups in total. The Balaban J connectivity index is 1.84. The quantitative estimate of drug-likeness (QED) is 0.421. The lowest BCUT2D eigenvalue weighted by Gasteiger charge is -2.21. The molecule has 1 aromatic carbocycles. The van der Waals surface area contributed by atoms with Gasteiger partial charge < -0.3 is 14.7 Å². The van der Waals surface area contributed by atoms with Gasteiger partial charge in [0, 0.05) is 13.6 Å². The number of carbonyl (C=O) groups is 1. The summed E-state index contributed by atoms with van der Waals surface area (Å²) in [5.74, 6) is -0.438. The zero-order valence-corrected chi connectivity index (χ0v) is 20.5. The fourth-order valence-electron chi connectivity index (χ4n) is 3.52. The van der Waals surface area contributed by atoms with Crippen LogP contribution in [0.2, 0.25) is 0 Å². The van der Waals surface area contributed by atoms with Gasteiger partial charge in [-0.2, -0.15) is 5.10 Å². The van der Waals surface area contributed by atoms with Crippen LogP contribution in [0, 0.1) is 6.92 Å². The molecule has 0 aliphatic rings. The van der Waals surface area contributed by atoms with Gasteiger partial charge in [-0.1, -0.05) is 6.92 Å². The maximum Gasteiger partial charge on any atom is 0.339 e. The number of anilines is 2. The van der Waals surface area contributed by atoms with Crippen LogP contribution in [0.3, 0.4) is 0 Å². The van der Waals surface area contributed by atoms with Gasteiger partial charge in [0.15, 0.2) is 0 Å². The van der Waals surface area contributed by atoms with Crippen LogP contribution in [-0.4, -0.2) is 47.9 Å². The summed E-state index contributed by atoms with van der Waals surface area (Å²) in [5, 5.41) is 14.2. The van der Waals surface area contributed by atoms with Gasteiger partial charge in [0.05, 0.1) is 41.3 Å². The van der Waals surface area contributed by atoms with E-state index in [1.54, 1.807) is 24.1 Å². The zero-order chi connectivity index (χ0) is 24.9. The van der Waals surface area contributed by atoms with Crippen molar-refractivity contribution in [2.75, 3.05) is 23.3 Å². The number of ether oxygens (including phenoxy) is 1. The largest absolute Gasteiger partial charge is 0.494 e. The number of rotatable bonds is 11. The van der Waals surface area contributed by atoms with Gasteiger partial charge >= 0.3 is 5.97 Å². The van der Waals surface area contributed by atoms with Gasteiger partial charge in [-0.05, 0) is 56.7 Å². The number of hydrogen-bond donors (Lipinski definition) is 2. The smallest absolute Gasteiger partial charge is 0.339 e. The molecular weight excluding hydrogens is 458 g/mol. The molecule has 0 aliphatic carbocycles. The number of nitrogens with one attached hydrogen (secondary N) is 1. The van der Waals surface area contributed by atoms with Crippen LogP contribution < -0.4 is 14.4 Å². The molecular formula is C23H29N5O5S. The summed E-state index contributed by atoms with van der Waals surface area (Å²) in [6, 6.07) is 9.17. The van der Waals surface area contributed by atoms with Gasteiger partial charge in [0.1, 0.15) is 17.1 Å². The Bertz CT molecular complexity index is 1260. The average Bonchev–Trinajstić information content (AvgIpc) is 3.12. The fourth-order valence-corrected chi connectivity index (χ4v) is 4.55. The van der Waals surface area contributed by atoms with Gasteiger partial charge in [-0.25, -0.2) is 18.2 Å². The van der Waals surface area contributed by atoms with Crippen molar-refractivity contribution in [3.8, 4) is 5.75 Å². The molecule has 11 heteroatoms.